The molecule has 0 saturated carbocycles. The van der Waals surface area contributed by atoms with E-state index in [1.54, 1.807) is 0 Å². The molecule has 0 aliphatic rings. The lowest BCUT2D eigenvalue weighted by Gasteiger charge is -2.31. The third-order valence-electron chi connectivity index (χ3n) is 9.47. The van der Waals surface area contributed by atoms with Gasteiger partial charge in [0.05, 0.1) is 45.3 Å². The van der Waals surface area contributed by atoms with Gasteiger partial charge in [0.25, 0.3) is 0 Å². The Bertz CT molecular complexity index is 2480. The average molecular weight is 645 g/mol. The third-order valence-corrected chi connectivity index (χ3v) is 9.47. The minimum atomic E-state index is 0.524. The van der Waals surface area contributed by atoms with Crippen LogP contribution in [0.5, 0.6) is 0 Å². The van der Waals surface area contributed by atoms with Crippen molar-refractivity contribution in [1.82, 2.24) is 0 Å². The van der Waals surface area contributed by atoms with Crippen molar-refractivity contribution < 1.29 is 0 Å². The van der Waals surface area contributed by atoms with Crippen LogP contribution in [0.4, 0.5) is 45.5 Å². The molecule has 8 aromatic rings. The standard InChI is InChI=1S/C44H32N6/c1-27-11-17-33(18-12-27)49(39-9-5-3-7-37(39)47)43-31(25-45)23-29-16-22-36-42-30(15-21-35(43)41(29)42)24-32(26-46)44(36)50(34-19-13-28(2)14-20-34)40-10-6-4-8-38(40)48/h3-24H,47-48H2,1-2H3. The van der Waals surface area contributed by atoms with Gasteiger partial charge in [0.2, 0.25) is 0 Å². The summed E-state index contributed by atoms with van der Waals surface area (Å²) in [5, 5.41) is 27.0. The highest BCUT2D eigenvalue weighted by Gasteiger charge is 2.27. The zero-order valence-corrected chi connectivity index (χ0v) is 27.6. The van der Waals surface area contributed by atoms with Gasteiger partial charge in [-0.1, -0.05) is 83.9 Å². The number of aryl methyl sites for hydroxylation is 2. The molecule has 0 amide bonds. The van der Waals surface area contributed by atoms with E-state index < -0.39 is 0 Å². The highest BCUT2D eigenvalue weighted by Crippen LogP contribution is 2.50. The Balaban J connectivity index is 1.50. The van der Waals surface area contributed by atoms with Crippen molar-refractivity contribution in [3.63, 3.8) is 0 Å². The minimum Gasteiger partial charge on any atom is -0.397 e. The maximum absolute atomic E-state index is 10.7. The summed E-state index contributed by atoms with van der Waals surface area (Å²) in [5.74, 6) is 0. The molecule has 0 fully saturated rings. The smallest absolute Gasteiger partial charge is 0.101 e. The molecule has 8 aromatic carbocycles. The van der Waals surface area contributed by atoms with Crippen LogP contribution in [-0.4, -0.2) is 0 Å². The zero-order valence-electron chi connectivity index (χ0n) is 27.6. The van der Waals surface area contributed by atoms with E-state index in [0.29, 0.717) is 22.5 Å². The Morgan fingerprint density at radius 2 is 0.860 bits per heavy atom. The van der Waals surface area contributed by atoms with Crippen LogP contribution in [0.2, 0.25) is 0 Å². The first-order chi connectivity index (χ1) is 24.4. The van der Waals surface area contributed by atoms with Gasteiger partial charge in [0, 0.05) is 22.1 Å². The molecule has 0 spiro atoms. The predicted molar refractivity (Wildman–Crippen MR) is 207 cm³/mol. The topological polar surface area (TPSA) is 106 Å². The van der Waals surface area contributed by atoms with Crippen LogP contribution in [0.15, 0.2) is 133 Å². The number of nitrogens with two attached hydrogens (primary N) is 2. The van der Waals surface area contributed by atoms with Gasteiger partial charge in [-0.25, -0.2) is 0 Å². The Labute approximate surface area is 290 Å². The predicted octanol–water partition coefficient (Wildman–Crippen LogP) is 11.0. The number of para-hydroxylation sites is 4. The van der Waals surface area contributed by atoms with Crippen LogP contribution in [0.3, 0.4) is 0 Å². The zero-order chi connectivity index (χ0) is 34.5. The van der Waals surface area contributed by atoms with Gasteiger partial charge in [-0.05, 0) is 96.1 Å². The van der Waals surface area contributed by atoms with Gasteiger partial charge in [-0.15, -0.1) is 0 Å². The van der Waals surface area contributed by atoms with Crippen molar-refractivity contribution in [1.29, 1.82) is 10.5 Å². The Morgan fingerprint density at radius 1 is 0.480 bits per heavy atom. The summed E-state index contributed by atoms with van der Waals surface area (Å²) in [6.45, 7) is 4.11. The van der Waals surface area contributed by atoms with Crippen LogP contribution in [0.25, 0.3) is 32.3 Å². The van der Waals surface area contributed by atoms with Gasteiger partial charge >= 0.3 is 0 Å². The number of anilines is 8. The molecule has 8 rings (SSSR count). The summed E-state index contributed by atoms with van der Waals surface area (Å²) in [7, 11) is 0. The molecule has 0 unspecified atom stereocenters. The van der Waals surface area contributed by atoms with E-state index in [1.165, 1.54) is 0 Å². The van der Waals surface area contributed by atoms with Crippen molar-refractivity contribution in [2.45, 2.75) is 13.8 Å². The molecule has 238 valence electrons. The molecule has 0 radical (unpaired) electrons. The molecule has 0 aromatic heterocycles. The number of hydrogen-bond acceptors (Lipinski definition) is 6. The highest BCUT2D eigenvalue weighted by atomic mass is 15.2. The van der Waals surface area contributed by atoms with Crippen molar-refractivity contribution >= 4 is 77.8 Å². The van der Waals surface area contributed by atoms with Gasteiger partial charge in [-0.2, -0.15) is 10.5 Å². The fraction of sp³-hybridized carbons (Fsp3) is 0.0455. The van der Waals surface area contributed by atoms with E-state index in [4.69, 9.17) is 11.5 Å². The number of nitriles is 2. The van der Waals surface area contributed by atoms with Crippen molar-refractivity contribution in [2.75, 3.05) is 21.3 Å². The molecular formula is C44H32N6. The Morgan fingerprint density at radius 3 is 1.22 bits per heavy atom. The molecule has 0 aliphatic heterocycles. The molecule has 0 atom stereocenters. The number of rotatable bonds is 6. The summed E-state index contributed by atoms with van der Waals surface area (Å²) in [6, 6.07) is 49.1. The summed E-state index contributed by atoms with van der Waals surface area (Å²) in [6.07, 6.45) is 0. The molecule has 50 heavy (non-hydrogen) atoms. The van der Waals surface area contributed by atoms with Crippen molar-refractivity contribution in [3.05, 3.63) is 156 Å². The normalized spacial score (nSPS) is 11.1. The lowest BCUT2D eigenvalue weighted by Crippen LogP contribution is -2.15. The van der Waals surface area contributed by atoms with Crippen molar-refractivity contribution in [2.24, 2.45) is 0 Å². The molecule has 0 bridgehead atoms. The van der Waals surface area contributed by atoms with Gasteiger partial charge in [0.15, 0.2) is 0 Å². The van der Waals surface area contributed by atoms with Gasteiger partial charge in [0.1, 0.15) is 12.1 Å². The molecule has 0 heterocycles. The SMILES string of the molecule is Cc1ccc(N(c2ccccc2N)c2c(C#N)cc3ccc4c(N(c5ccc(C)cc5)c5ccccc5N)c(C#N)cc5ccc2c3c54)cc1. The fourth-order valence-corrected chi connectivity index (χ4v) is 7.12. The molecule has 0 aliphatic carbocycles. The highest BCUT2D eigenvalue weighted by molar-refractivity contribution is 6.29. The number of nitrogen functional groups attached to an aromatic ring is 2. The second kappa shape index (κ2) is 11.9. The van der Waals surface area contributed by atoms with E-state index in [2.05, 4.69) is 96.4 Å². The first kappa shape index (κ1) is 30.3. The monoisotopic (exact) mass is 644 g/mol. The molecular weight excluding hydrogens is 613 g/mol. The van der Waals surface area contributed by atoms with Crippen LogP contribution in [0.1, 0.15) is 22.3 Å². The lowest BCUT2D eigenvalue weighted by molar-refractivity contribution is 1.28. The average Bonchev–Trinajstić information content (AvgIpc) is 3.14. The lowest BCUT2D eigenvalue weighted by atomic mass is 9.88. The second-order valence-electron chi connectivity index (χ2n) is 12.7. The molecule has 0 saturated heterocycles. The third kappa shape index (κ3) is 4.79. The first-order valence-corrected chi connectivity index (χ1v) is 16.4. The summed E-state index contributed by atoms with van der Waals surface area (Å²) < 4.78 is 0. The van der Waals surface area contributed by atoms with Gasteiger partial charge in [-0.3, -0.25) is 0 Å². The first-order valence-electron chi connectivity index (χ1n) is 16.4. The van der Waals surface area contributed by atoms with E-state index in [0.717, 1.165) is 77.6 Å². The Hall–Kier alpha value is -7.02. The fourth-order valence-electron chi connectivity index (χ4n) is 7.12. The van der Waals surface area contributed by atoms with Gasteiger partial charge < -0.3 is 21.3 Å². The van der Waals surface area contributed by atoms with Crippen LogP contribution >= 0.6 is 0 Å². The molecule has 6 heteroatoms. The van der Waals surface area contributed by atoms with Crippen molar-refractivity contribution in [3.8, 4) is 12.1 Å². The summed E-state index contributed by atoms with van der Waals surface area (Å²) >= 11 is 0. The Kier molecular flexibility index (Phi) is 7.21. The van der Waals surface area contributed by atoms with E-state index in [9.17, 15) is 10.5 Å². The number of hydrogen-bond donors (Lipinski definition) is 2. The van der Waals surface area contributed by atoms with Crippen LogP contribution < -0.4 is 21.3 Å². The molecule has 6 nitrogen and oxygen atoms in total. The maximum Gasteiger partial charge on any atom is 0.101 e. The quantitative estimate of drug-likeness (QED) is 0.138. The van der Waals surface area contributed by atoms with E-state index in [-0.39, 0.29) is 0 Å². The largest absolute Gasteiger partial charge is 0.397 e. The molecule has 4 N–H and O–H groups in total. The van der Waals surface area contributed by atoms with Crippen LogP contribution in [-0.2, 0) is 0 Å². The summed E-state index contributed by atoms with van der Waals surface area (Å²) in [4.78, 5) is 4.17. The van der Waals surface area contributed by atoms with E-state index in [1.807, 2.05) is 72.8 Å². The summed E-state index contributed by atoms with van der Waals surface area (Å²) in [5.41, 5.74) is 22.6. The van der Waals surface area contributed by atoms with Crippen LogP contribution in [0, 0.1) is 36.5 Å². The van der Waals surface area contributed by atoms with E-state index >= 15 is 0 Å². The minimum absolute atomic E-state index is 0.524. The maximum atomic E-state index is 10.7. The number of nitrogens with zero attached hydrogens (tertiary/aromatic N) is 4. The number of benzene rings is 8. The second-order valence-corrected chi connectivity index (χ2v) is 12.7.